The Morgan fingerprint density at radius 3 is 1.93 bits per heavy atom. The van der Waals surface area contributed by atoms with E-state index in [1.165, 1.54) is 15.9 Å². The molecule has 160 valence electrons. The normalized spacial score (nSPS) is 10.9. The van der Waals surface area contributed by atoms with Gasteiger partial charge in [-0.05, 0) is 42.0 Å². The van der Waals surface area contributed by atoms with Gasteiger partial charge < -0.3 is 39.7 Å². The van der Waals surface area contributed by atoms with E-state index in [4.69, 9.17) is 23.2 Å². The van der Waals surface area contributed by atoms with E-state index in [9.17, 15) is 9.90 Å². The van der Waals surface area contributed by atoms with Crippen LogP contribution < -0.4 is 34.6 Å². The fraction of sp³-hybridized carbons (Fsp3) is 0.286. The number of phenolic OH excluding ortho intramolecular Hbond substituents is 1. The van der Waals surface area contributed by atoms with E-state index in [1.54, 1.807) is 36.4 Å². The molecule has 2 rings (SSSR count). The Morgan fingerprint density at radius 2 is 1.48 bits per heavy atom. The van der Waals surface area contributed by atoms with Crippen LogP contribution in [0.5, 0.6) is 5.75 Å². The topological polar surface area (TPSA) is 46.2 Å². The molecule has 0 unspecified atom stereocenters. The van der Waals surface area contributed by atoms with Crippen LogP contribution >= 0.6 is 23.2 Å². The zero-order chi connectivity index (χ0) is 20.1. The van der Waals surface area contributed by atoms with Gasteiger partial charge in [-0.1, -0.05) is 29.3 Å². The van der Waals surface area contributed by atoms with Crippen molar-refractivity contribution in [2.75, 3.05) is 28.2 Å². The summed E-state index contributed by atoms with van der Waals surface area (Å²) < 4.78 is 0. The van der Waals surface area contributed by atoms with Crippen molar-refractivity contribution in [1.29, 1.82) is 0 Å². The Morgan fingerprint density at radius 1 is 0.966 bits per heavy atom. The number of carbonyl (C=O) groups is 1. The second kappa shape index (κ2) is 12.4. The third-order valence-corrected chi connectivity index (χ3v) is 4.58. The number of allylic oxidation sites excluding steroid dienone is 1. The molecular weight excluding hydrogens is 454 g/mol. The molecule has 0 aliphatic carbocycles. The number of quaternary nitrogens is 2. The van der Waals surface area contributed by atoms with Crippen LogP contribution in [-0.4, -0.2) is 39.1 Å². The first-order valence-electron chi connectivity index (χ1n) is 8.77. The third-order valence-electron chi connectivity index (χ3n) is 4.02. The molecule has 0 aliphatic rings. The minimum Gasteiger partial charge on any atom is -1.00 e. The average Bonchev–Trinajstić information content (AvgIpc) is 2.56. The van der Waals surface area contributed by atoms with Crippen molar-refractivity contribution < 1.29 is 44.5 Å². The van der Waals surface area contributed by atoms with E-state index in [0.29, 0.717) is 28.7 Å². The molecule has 2 aromatic carbocycles. The first-order valence-corrected chi connectivity index (χ1v) is 9.53. The number of hydrogen-bond acceptors (Lipinski definition) is 2. The molecule has 0 saturated carbocycles. The first-order chi connectivity index (χ1) is 12.7. The lowest BCUT2D eigenvalue weighted by molar-refractivity contribution is -0.873. The number of aromatic hydroxyl groups is 1. The third kappa shape index (κ3) is 8.17. The molecule has 3 N–H and O–H groups in total. The van der Waals surface area contributed by atoms with Gasteiger partial charge in [-0.3, -0.25) is 4.79 Å². The minimum atomic E-state index is -0.133. The van der Waals surface area contributed by atoms with Gasteiger partial charge in [0.15, 0.2) is 5.78 Å². The quantitative estimate of drug-likeness (QED) is 0.279. The summed E-state index contributed by atoms with van der Waals surface area (Å²) in [4.78, 5) is 15.1. The fourth-order valence-electron chi connectivity index (χ4n) is 2.83. The minimum absolute atomic E-state index is 0. The lowest BCUT2D eigenvalue weighted by Crippen LogP contribution is -3.04. The number of halogens is 4. The van der Waals surface area contributed by atoms with Crippen molar-refractivity contribution in [3.8, 4) is 5.75 Å². The van der Waals surface area contributed by atoms with Gasteiger partial charge in [0.2, 0.25) is 0 Å². The Labute approximate surface area is 194 Å². The lowest BCUT2D eigenvalue weighted by atomic mass is 10.00. The van der Waals surface area contributed by atoms with Crippen LogP contribution in [-0.2, 0) is 13.1 Å². The molecule has 0 aromatic heterocycles. The SMILES string of the molecule is C[NH+](C)Cc1cc(C(=O)/C=C/c2ccc(Cl)cc2Cl)cc(C[NH+](C)C)c1O.[Cl-].[Cl-]. The van der Waals surface area contributed by atoms with Gasteiger partial charge >= 0.3 is 0 Å². The van der Waals surface area contributed by atoms with Gasteiger partial charge in [0.1, 0.15) is 18.8 Å². The van der Waals surface area contributed by atoms with E-state index in [0.717, 1.165) is 16.7 Å². The molecule has 0 bridgehead atoms. The highest BCUT2D eigenvalue weighted by Gasteiger charge is 2.17. The van der Waals surface area contributed by atoms with Crippen LogP contribution in [0, 0.1) is 0 Å². The molecule has 0 fully saturated rings. The van der Waals surface area contributed by atoms with E-state index in [-0.39, 0.29) is 36.3 Å². The standard InChI is InChI=1S/C21H24Cl2N2O2.2ClH/c1-24(2)12-16-9-15(10-17(21(16)27)13-25(3)4)20(26)8-6-14-5-7-18(22)11-19(14)23;;/h5-11,27H,12-13H2,1-4H3;2*1H/b8-6+;;. The number of ketones is 1. The highest BCUT2D eigenvalue weighted by molar-refractivity contribution is 6.35. The number of nitrogens with one attached hydrogen (secondary N) is 2. The molecule has 0 radical (unpaired) electrons. The molecule has 8 heteroatoms. The van der Waals surface area contributed by atoms with Crippen molar-refractivity contribution in [3.05, 3.63) is 68.7 Å². The summed E-state index contributed by atoms with van der Waals surface area (Å²) in [7, 11) is 8.03. The Kier molecular flexibility index (Phi) is 11.9. The number of rotatable bonds is 7. The molecule has 0 heterocycles. The molecule has 0 spiro atoms. The fourth-order valence-corrected chi connectivity index (χ4v) is 3.30. The second-order valence-electron chi connectivity index (χ2n) is 7.27. The number of phenols is 1. The van der Waals surface area contributed by atoms with Crippen LogP contribution in [0.3, 0.4) is 0 Å². The Bertz CT molecular complexity index is 837. The highest BCUT2D eigenvalue weighted by atomic mass is 35.5. The predicted octanol–water partition coefficient (Wildman–Crippen LogP) is -4.11. The molecule has 29 heavy (non-hydrogen) atoms. The Balaban J connectivity index is 0.00000392. The zero-order valence-electron chi connectivity index (χ0n) is 16.8. The van der Waals surface area contributed by atoms with Crippen molar-refractivity contribution >= 4 is 35.1 Å². The van der Waals surface area contributed by atoms with Gasteiger partial charge in [0.25, 0.3) is 0 Å². The van der Waals surface area contributed by atoms with Crippen molar-refractivity contribution in [1.82, 2.24) is 0 Å². The molecule has 0 atom stereocenters. The van der Waals surface area contributed by atoms with Gasteiger partial charge in [0.05, 0.1) is 28.2 Å². The van der Waals surface area contributed by atoms with E-state index >= 15 is 0 Å². The van der Waals surface area contributed by atoms with Crippen LogP contribution in [0.2, 0.25) is 10.0 Å². The van der Waals surface area contributed by atoms with Crippen LogP contribution in [0.4, 0.5) is 0 Å². The van der Waals surface area contributed by atoms with Crippen LogP contribution in [0.15, 0.2) is 36.4 Å². The van der Waals surface area contributed by atoms with Crippen molar-refractivity contribution in [2.45, 2.75) is 13.1 Å². The maximum atomic E-state index is 12.7. The summed E-state index contributed by atoms with van der Waals surface area (Å²) in [5.41, 5.74) is 2.83. The van der Waals surface area contributed by atoms with Gasteiger partial charge in [0, 0.05) is 26.7 Å². The summed E-state index contributed by atoms with van der Waals surface area (Å²) >= 11 is 12.1. The van der Waals surface area contributed by atoms with E-state index in [2.05, 4.69) is 0 Å². The maximum absolute atomic E-state index is 12.7. The second-order valence-corrected chi connectivity index (χ2v) is 8.12. The predicted molar refractivity (Wildman–Crippen MR) is 111 cm³/mol. The number of carbonyl (C=O) groups excluding carboxylic acids is 1. The molecule has 0 amide bonds. The van der Waals surface area contributed by atoms with Crippen LogP contribution in [0.25, 0.3) is 6.08 Å². The molecule has 0 aliphatic heterocycles. The lowest BCUT2D eigenvalue weighted by Gasteiger charge is -2.15. The summed E-state index contributed by atoms with van der Waals surface area (Å²) in [6.07, 6.45) is 3.18. The first kappa shape index (κ1) is 27.7. The van der Waals surface area contributed by atoms with Gasteiger partial charge in [-0.15, -0.1) is 0 Å². The average molecular weight is 480 g/mol. The van der Waals surface area contributed by atoms with Gasteiger partial charge in [-0.25, -0.2) is 0 Å². The smallest absolute Gasteiger partial charge is 0.185 e. The Hall–Kier alpha value is -1.27. The summed E-state index contributed by atoms with van der Waals surface area (Å²) in [5.74, 6) is 0.143. The molecular formula is C21H26Cl4N2O2. The zero-order valence-corrected chi connectivity index (χ0v) is 19.8. The van der Waals surface area contributed by atoms with Crippen molar-refractivity contribution in [3.63, 3.8) is 0 Å². The maximum Gasteiger partial charge on any atom is 0.185 e. The highest BCUT2D eigenvalue weighted by Crippen LogP contribution is 2.25. The molecule has 2 aromatic rings. The largest absolute Gasteiger partial charge is 1.00 e. The van der Waals surface area contributed by atoms with Crippen molar-refractivity contribution in [2.24, 2.45) is 0 Å². The summed E-state index contributed by atoms with van der Waals surface area (Å²) in [5, 5.41) is 11.6. The van der Waals surface area contributed by atoms with Crippen LogP contribution in [0.1, 0.15) is 27.0 Å². The molecule has 4 nitrogen and oxygen atoms in total. The van der Waals surface area contributed by atoms with E-state index < -0.39 is 0 Å². The van der Waals surface area contributed by atoms with E-state index in [1.807, 2.05) is 28.2 Å². The number of hydrogen-bond donors (Lipinski definition) is 3. The van der Waals surface area contributed by atoms with Gasteiger partial charge in [-0.2, -0.15) is 0 Å². The summed E-state index contributed by atoms with van der Waals surface area (Å²) in [6, 6.07) is 8.69. The summed E-state index contributed by atoms with van der Waals surface area (Å²) in [6.45, 7) is 1.27. The number of benzene rings is 2. The molecule has 0 saturated heterocycles. The monoisotopic (exact) mass is 478 g/mol.